The first-order valence-corrected chi connectivity index (χ1v) is 13.6. The van der Waals surface area contributed by atoms with Crippen LogP contribution in [0.4, 0.5) is 5.69 Å². The van der Waals surface area contributed by atoms with Crippen molar-refractivity contribution < 1.29 is 13.2 Å². The van der Waals surface area contributed by atoms with Crippen molar-refractivity contribution in [1.29, 1.82) is 0 Å². The van der Waals surface area contributed by atoms with Gasteiger partial charge in [0, 0.05) is 18.7 Å². The summed E-state index contributed by atoms with van der Waals surface area (Å²) in [6.45, 7) is 8.87. The molecule has 4 aromatic rings. The molecule has 0 radical (unpaired) electrons. The highest BCUT2D eigenvalue weighted by Gasteiger charge is 2.30. The molecule has 0 aliphatic carbocycles. The Labute approximate surface area is 208 Å². The molecule has 0 saturated carbocycles. The smallest absolute Gasteiger partial charge is 0.279 e. The van der Waals surface area contributed by atoms with Crippen molar-refractivity contribution in [2.24, 2.45) is 4.99 Å². The monoisotopic (exact) mass is 503 g/mol. The van der Waals surface area contributed by atoms with Gasteiger partial charge < -0.3 is 4.57 Å². The van der Waals surface area contributed by atoms with E-state index in [-0.39, 0.29) is 4.90 Å². The van der Waals surface area contributed by atoms with Crippen LogP contribution in [0.25, 0.3) is 10.2 Å². The Balaban J connectivity index is 1.48. The summed E-state index contributed by atoms with van der Waals surface area (Å²) in [7, 11) is -3.72. The molecule has 1 aromatic heterocycles. The van der Waals surface area contributed by atoms with Crippen LogP contribution >= 0.6 is 11.3 Å². The zero-order valence-corrected chi connectivity index (χ0v) is 21.2. The molecule has 5 rings (SSSR count). The second kappa shape index (κ2) is 8.94. The molecule has 2 heterocycles. The normalized spacial score (nSPS) is 13.9. The maximum absolute atomic E-state index is 13.3. The van der Waals surface area contributed by atoms with Crippen LogP contribution in [0.5, 0.6) is 0 Å². The molecule has 0 atom stereocenters. The number of hydrogen-bond acceptors (Lipinski definition) is 4. The van der Waals surface area contributed by atoms with E-state index >= 15 is 0 Å². The lowest BCUT2D eigenvalue weighted by Crippen LogP contribution is -2.29. The number of anilines is 1. The molecule has 6 nitrogen and oxygen atoms in total. The Kier molecular flexibility index (Phi) is 5.94. The molecule has 1 amide bonds. The fraction of sp³-hybridized carbons (Fsp3) is 0.185. The minimum absolute atomic E-state index is 0.153. The van der Waals surface area contributed by atoms with Crippen molar-refractivity contribution in [3.05, 3.63) is 100 Å². The summed E-state index contributed by atoms with van der Waals surface area (Å²) in [5.41, 5.74) is 5.36. The number of aryl methyl sites for hydroxylation is 2. The van der Waals surface area contributed by atoms with Crippen molar-refractivity contribution in [2.45, 2.75) is 31.7 Å². The van der Waals surface area contributed by atoms with Crippen LogP contribution < -0.4 is 9.11 Å². The van der Waals surface area contributed by atoms with E-state index in [1.807, 2.05) is 42.7 Å². The summed E-state index contributed by atoms with van der Waals surface area (Å²) >= 11 is 1.47. The second-order valence-electron chi connectivity index (χ2n) is 8.61. The van der Waals surface area contributed by atoms with Gasteiger partial charge in [-0.2, -0.15) is 4.99 Å². The van der Waals surface area contributed by atoms with Crippen LogP contribution in [-0.2, 0) is 23.0 Å². The Morgan fingerprint density at radius 1 is 1.11 bits per heavy atom. The van der Waals surface area contributed by atoms with Gasteiger partial charge in [-0.1, -0.05) is 41.7 Å². The third kappa shape index (κ3) is 4.13. The summed E-state index contributed by atoms with van der Waals surface area (Å²) in [4.78, 5) is 18.2. The van der Waals surface area contributed by atoms with E-state index < -0.39 is 15.9 Å². The third-order valence-corrected chi connectivity index (χ3v) is 9.21. The zero-order chi connectivity index (χ0) is 24.7. The molecule has 0 saturated heterocycles. The highest BCUT2D eigenvalue weighted by atomic mass is 32.2. The molecule has 1 aliphatic rings. The molecule has 0 unspecified atom stereocenters. The average molecular weight is 504 g/mol. The predicted molar refractivity (Wildman–Crippen MR) is 140 cm³/mol. The highest BCUT2D eigenvalue weighted by molar-refractivity contribution is 7.92. The van der Waals surface area contributed by atoms with Crippen LogP contribution in [0.2, 0.25) is 0 Å². The lowest BCUT2D eigenvalue weighted by atomic mass is 10.1. The van der Waals surface area contributed by atoms with Gasteiger partial charge in [0.05, 0.1) is 20.8 Å². The van der Waals surface area contributed by atoms with E-state index in [9.17, 15) is 13.2 Å². The Morgan fingerprint density at radius 2 is 1.86 bits per heavy atom. The number of amides is 1. The van der Waals surface area contributed by atoms with Gasteiger partial charge in [0.25, 0.3) is 15.9 Å². The van der Waals surface area contributed by atoms with Gasteiger partial charge in [-0.3, -0.25) is 9.10 Å². The number of fused-ring (bicyclic) bond motifs is 2. The van der Waals surface area contributed by atoms with E-state index in [0.29, 0.717) is 35.6 Å². The second-order valence-corrected chi connectivity index (χ2v) is 11.5. The lowest BCUT2D eigenvalue weighted by Gasteiger charge is -2.19. The number of hydrogen-bond donors (Lipinski definition) is 0. The molecule has 178 valence electrons. The lowest BCUT2D eigenvalue weighted by molar-refractivity contribution is 0.0998. The minimum Gasteiger partial charge on any atom is -0.312 e. The maximum Gasteiger partial charge on any atom is 0.279 e. The zero-order valence-electron chi connectivity index (χ0n) is 19.6. The quantitative estimate of drug-likeness (QED) is 0.360. The SMILES string of the molecule is C=CCn1c(=NC(=O)c2ccc(S(=O)(=O)N3CCc4ccccc43)cc2)sc2c(C)cc(C)cc21. The van der Waals surface area contributed by atoms with Gasteiger partial charge in [-0.15, -0.1) is 6.58 Å². The minimum atomic E-state index is -3.72. The van der Waals surface area contributed by atoms with Crippen molar-refractivity contribution >= 4 is 43.2 Å². The summed E-state index contributed by atoms with van der Waals surface area (Å²) < 4.78 is 31.0. The fourth-order valence-corrected chi connectivity index (χ4v) is 7.10. The summed E-state index contributed by atoms with van der Waals surface area (Å²) in [5, 5.41) is 0. The molecule has 0 spiro atoms. The van der Waals surface area contributed by atoms with Crippen molar-refractivity contribution in [3.63, 3.8) is 0 Å². The van der Waals surface area contributed by atoms with Gasteiger partial charge in [0.1, 0.15) is 0 Å². The number of rotatable bonds is 5. The number of aromatic nitrogens is 1. The van der Waals surface area contributed by atoms with Gasteiger partial charge in [0.2, 0.25) is 0 Å². The Hall–Kier alpha value is -3.49. The van der Waals surface area contributed by atoms with Crippen LogP contribution in [-0.4, -0.2) is 25.4 Å². The maximum atomic E-state index is 13.3. The molecule has 3 aromatic carbocycles. The first-order valence-electron chi connectivity index (χ1n) is 11.3. The van der Waals surface area contributed by atoms with E-state index in [0.717, 1.165) is 26.9 Å². The number of carbonyl (C=O) groups excluding carboxylic acids is 1. The molecule has 0 bridgehead atoms. The van der Waals surface area contributed by atoms with E-state index in [1.54, 1.807) is 6.08 Å². The fourth-order valence-electron chi connectivity index (χ4n) is 4.51. The van der Waals surface area contributed by atoms with Crippen LogP contribution in [0.15, 0.2) is 83.2 Å². The first kappa shape index (κ1) is 23.3. The number of benzene rings is 3. The molecular weight excluding hydrogens is 478 g/mol. The van der Waals surface area contributed by atoms with Gasteiger partial charge in [-0.25, -0.2) is 8.42 Å². The average Bonchev–Trinajstić information content (AvgIpc) is 3.42. The van der Waals surface area contributed by atoms with E-state index in [1.165, 1.54) is 39.9 Å². The third-order valence-electron chi connectivity index (χ3n) is 6.16. The van der Waals surface area contributed by atoms with Gasteiger partial charge >= 0.3 is 0 Å². The summed E-state index contributed by atoms with van der Waals surface area (Å²) in [6, 6.07) is 17.7. The first-order chi connectivity index (χ1) is 16.8. The standard InChI is InChI=1S/C27H25N3O3S2/c1-4-14-29-24-17-18(2)16-19(3)25(24)34-27(29)28-26(31)21-9-11-22(12-10-21)35(32,33)30-15-13-20-7-5-6-8-23(20)30/h4-12,16-17H,1,13-15H2,2-3H3. The van der Waals surface area contributed by atoms with Crippen molar-refractivity contribution in [1.82, 2.24) is 4.57 Å². The number of thiazole rings is 1. The van der Waals surface area contributed by atoms with Crippen LogP contribution in [0, 0.1) is 13.8 Å². The molecule has 1 aliphatic heterocycles. The number of carbonyl (C=O) groups is 1. The molecular formula is C27H25N3O3S2. The number of nitrogens with zero attached hydrogens (tertiary/aromatic N) is 3. The largest absolute Gasteiger partial charge is 0.312 e. The van der Waals surface area contributed by atoms with Crippen LogP contribution in [0.3, 0.4) is 0 Å². The molecule has 0 N–H and O–H groups in total. The topological polar surface area (TPSA) is 71.7 Å². The van der Waals surface area contributed by atoms with Gasteiger partial charge in [-0.05, 0) is 73.4 Å². The van der Waals surface area contributed by atoms with Crippen LogP contribution in [0.1, 0.15) is 27.0 Å². The number of sulfonamides is 1. The van der Waals surface area contributed by atoms with Crippen molar-refractivity contribution in [2.75, 3.05) is 10.8 Å². The summed E-state index contributed by atoms with van der Waals surface area (Å²) in [6.07, 6.45) is 2.47. The van der Waals surface area contributed by atoms with E-state index in [4.69, 9.17) is 0 Å². The summed E-state index contributed by atoms with van der Waals surface area (Å²) in [5.74, 6) is -0.417. The van der Waals surface area contributed by atoms with E-state index in [2.05, 4.69) is 23.7 Å². The Morgan fingerprint density at radius 3 is 2.60 bits per heavy atom. The predicted octanol–water partition coefficient (Wildman–Crippen LogP) is 5.00. The molecule has 0 fully saturated rings. The number of allylic oxidation sites excluding steroid dienone is 1. The van der Waals surface area contributed by atoms with Gasteiger partial charge in [0.15, 0.2) is 4.80 Å². The number of para-hydroxylation sites is 1. The highest BCUT2D eigenvalue weighted by Crippen LogP contribution is 2.32. The Bertz CT molecular complexity index is 1650. The van der Waals surface area contributed by atoms with Crippen molar-refractivity contribution in [3.8, 4) is 0 Å². The molecule has 35 heavy (non-hydrogen) atoms. The molecule has 8 heteroatoms.